The smallest absolute Gasteiger partial charge is 0.395 e. The highest BCUT2D eigenvalue weighted by Gasteiger charge is 2.39. The number of hydrogen-bond acceptors (Lipinski definition) is 1. The van der Waals surface area contributed by atoms with E-state index in [-0.39, 0.29) is 6.42 Å². The van der Waals surface area contributed by atoms with Crippen LogP contribution < -0.4 is 4.74 Å². The number of rotatable bonds is 4. The van der Waals surface area contributed by atoms with Crippen molar-refractivity contribution in [3.05, 3.63) is 29.8 Å². The zero-order valence-electron chi connectivity index (χ0n) is 9.34. The van der Waals surface area contributed by atoms with E-state index in [1.165, 1.54) is 19.2 Å². The maximum Gasteiger partial charge on any atom is 0.395 e. The maximum atomic E-state index is 12.7. The molecule has 0 spiro atoms. The fraction of sp³-hybridized carbons (Fsp3) is 0.500. The minimum absolute atomic E-state index is 0.121. The molecule has 4 heteroatoms. The zero-order valence-corrected chi connectivity index (χ0v) is 9.34. The van der Waals surface area contributed by atoms with Crippen LogP contribution in [0.3, 0.4) is 0 Å². The number of methoxy groups -OCH3 is 1. The Labute approximate surface area is 93.2 Å². The van der Waals surface area contributed by atoms with Gasteiger partial charge < -0.3 is 4.74 Å². The first-order valence-electron chi connectivity index (χ1n) is 5.19. The average Bonchev–Trinajstić information content (AvgIpc) is 2.25. The van der Waals surface area contributed by atoms with Crippen molar-refractivity contribution >= 4 is 0 Å². The van der Waals surface area contributed by atoms with Gasteiger partial charge in [0.05, 0.1) is 13.0 Å². The normalized spacial score (nSPS) is 13.6. The molecule has 0 aliphatic rings. The Morgan fingerprint density at radius 3 is 2.12 bits per heavy atom. The van der Waals surface area contributed by atoms with Gasteiger partial charge >= 0.3 is 6.18 Å². The van der Waals surface area contributed by atoms with Crippen molar-refractivity contribution in [2.24, 2.45) is 0 Å². The second kappa shape index (κ2) is 5.23. The summed E-state index contributed by atoms with van der Waals surface area (Å²) in [5.41, 5.74) is 0.301. The molecule has 0 radical (unpaired) electrons. The van der Waals surface area contributed by atoms with Crippen molar-refractivity contribution in [1.82, 2.24) is 0 Å². The lowest BCUT2D eigenvalue weighted by atomic mass is 9.94. The highest BCUT2D eigenvalue weighted by Crippen LogP contribution is 2.38. The molecular formula is C12H15F3O. The highest BCUT2D eigenvalue weighted by atomic mass is 19.4. The molecule has 0 saturated carbocycles. The molecule has 1 unspecified atom stereocenters. The van der Waals surface area contributed by atoms with Crippen LogP contribution in [-0.4, -0.2) is 13.3 Å². The molecule has 1 atom stereocenters. The molecule has 0 aromatic heterocycles. The van der Waals surface area contributed by atoms with Crippen LogP contribution in [0.15, 0.2) is 24.3 Å². The maximum absolute atomic E-state index is 12.7. The standard InChI is InChI=1S/C12H15F3O/c1-3-4-11(12(13,14)15)9-5-7-10(16-2)8-6-9/h5-8,11H,3-4H2,1-2H3. The summed E-state index contributed by atoms with van der Waals surface area (Å²) < 4.78 is 43.1. The molecule has 16 heavy (non-hydrogen) atoms. The largest absolute Gasteiger partial charge is 0.497 e. The summed E-state index contributed by atoms with van der Waals surface area (Å²) in [5, 5.41) is 0. The molecule has 0 aliphatic carbocycles. The summed E-state index contributed by atoms with van der Waals surface area (Å²) in [7, 11) is 1.49. The Morgan fingerprint density at radius 1 is 1.19 bits per heavy atom. The Morgan fingerprint density at radius 2 is 1.75 bits per heavy atom. The third kappa shape index (κ3) is 3.15. The molecule has 1 aromatic rings. The molecule has 1 nitrogen and oxygen atoms in total. The van der Waals surface area contributed by atoms with Gasteiger partial charge in [-0.1, -0.05) is 25.5 Å². The molecule has 0 heterocycles. The number of ether oxygens (including phenoxy) is 1. The predicted octanol–water partition coefficient (Wildman–Crippen LogP) is 4.14. The molecule has 1 aromatic carbocycles. The van der Waals surface area contributed by atoms with Crippen LogP contribution in [0, 0.1) is 0 Å². The first-order chi connectivity index (χ1) is 7.49. The molecule has 0 aliphatic heterocycles. The van der Waals surface area contributed by atoms with E-state index in [0.29, 0.717) is 17.7 Å². The van der Waals surface area contributed by atoms with Crippen molar-refractivity contribution in [3.8, 4) is 5.75 Å². The fourth-order valence-corrected chi connectivity index (χ4v) is 1.64. The molecule has 0 saturated heterocycles. The van der Waals surface area contributed by atoms with Crippen molar-refractivity contribution in [1.29, 1.82) is 0 Å². The summed E-state index contributed by atoms with van der Waals surface area (Å²) in [6.45, 7) is 1.75. The quantitative estimate of drug-likeness (QED) is 0.758. The SMILES string of the molecule is CCCC(c1ccc(OC)cc1)C(F)(F)F. The molecular weight excluding hydrogens is 217 g/mol. The lowest BCUT2D eigenvalue weighted by molar-refractivity contribution is -0.152. The van der Waals surface area contributed by atoms with Crippen molar-refractivity contribution in [2.75, 3.05) is 7.11 Å². The van der Waals surface area contributed by atoms with Gasteiger partial charge in [0.1, 0.15) is 5.75 Å². The van der Waals surface area contributed by atoms with Crippen LogP contribution in [0.25, 0.3) is 0 Å². The Balaban J connectivity index is 2.93. The van der Waals surface area contributed by atoms with Gasteiger partial charge in [-0.15, -0.1) is 0 Å². The predicted molar refractivity (Wildman–Crippen MR) is 56.7 cm³/mol. The van der Waals surface area contributed by atoms with Crippen LogP contribution in [0.2, 0.25) is 0 Å². The van der Waals surface area contributed by atoms with Crippen LogP contribution >= 0.6 is 0 Å². The number of hydrogen-bond donors (Lipinski definition) is 0. The van der Waals surface area contributed by atoms with Gasteiger partial charge in [0.2, 0.25) is 0 Å². The average molecular weight is 232 g/mol. The van der Waals surface area contributed by atoms with Crippen LogP contribution in [-0.2, 0) is 0 Å². The van der Waals surface area contributed by atoms with Crippen LogP contribution in [0.5, 0.6) is 5.75 Å². The second-order valence-corrected chi connectivity index (χ2v) is 3.66. The number of alkyl halides is 3. The second-order valence-electron chi connectivity index (χ2n) is 3.66. The molecule has 0 bridgehead atoms. The first kappa shape index (κ1) is 12.9. The van der Waals surface area contributed by atoms with Crippen molar-refractivity contribution in [2.45, 2.75) is 31.9 Å². The van der Waals surface area contributed by atoms with Gasteiger partial charge in [-0.25, -0.2) is 0 Å². The van der Waals surface area contributed by atoms with Crippen molar-refractivity contribution < 1.29 is 17.9 Å². The Kier molecular flexibility index (Phi) is 4.21. The topological polar surface area (TPSA) is 9.23 Å². The van der Waals surface area contributed by atoms with E-state index >= 15 is 0 Å². The van der Waals surface area contributed by atoms with Crippen molar-refractivity contribution in [3.63, 3.8) is 0 Å². The first-order valence-corrected chi connectivity index (χ1v) is 5.19. The molecule has 0 amide bonds. The van der Waals surface area contributed by atoms with Gasteiger partial charge in [0, 0.05) is 0 Å². The van der Waals surface area contributed by atoms with Gasteiger partial charge in [-0.2, -0.15) is 13.2 Å². The van der Waals surface area contributed by atoms with E-state index < -0.39 is 12.1 Å². The minimum Gasteiger partial charge on any atom is -0.497 e. The molecule has 90 valence electrons. The summed E-state index contributed by atoms with van der Waals surface area (Å²) in [6.07, 6.45) is -3.55. The van der Waals surface area contributed by atoms with Crippen LogP contribution in [0.4, 0.5) is 13.2 Å². The fourth-order valence-electron chi connectivity index (χ4n) is 1.64. The van der Waals surface area contributed by atoms with E-state index in [0.717, 1.165) is 0 Å². The molecule has 0 N–H and O–H groups in total. The van der Waals surface area contributed by atoms with Gasteiger partial charge in [0.25, 0.3) is 0 Å². The number of halogens is 3. The minimum atomic E-state index is -4.18. The number of benzene rings is 1. The third-order valence-electron chi connectivity index (χ3n) is 2.49. The van der Waals surface area contributed by atoms with E-state index in [9.17, 15) is 13.2 Å². The lowest BCUT2D eigenvalue weighted by Crippen LogP contribution is -2.20. The highest BCUT2D eigenvalue weighted by molar-refractivity contribution is 5.30. The van der Waals surface area contributed by atoms with E-state index in [2.05, 4.69) is 0 Å². The van der Waals surface area contributed by atoms with E-state index in [1.807, 2.05) is 0 Å². The lowest BCUT2D eigenvalue weighted by Gasteiger charge is -2.20. The Hall–Kier alpha value is -1.19. The van der Waals surface area contributed by atoms with E-state index in [1.54, 1.807) is 19.1 Å². The van der Waals surface area contributed by atoms with Gasteiger partial charge in [0.15, 0.2) is 0 Å². The monoisotopic (exact) mass is 232 g/mol. The van der Waals surface area contributed by atoms with Crippen LogP contribution in [0.1, 0.15) is 31.2 Å². The molecule has 0 fully saturated rings. The Bertz CT molecular complexity index is 316. The molecule has 1 rings (SSSR count). The summed E-state index contributed by atoms with van der Waals surface area (Å²) in [6, 6.07) is 6.08. The van der Waals surface area contributed by atoms with Gasteiger partial charge in [-0.3, -0.25) is 0 Å². The van der Waals surface area contributed by atoms with E-state index in [4.69, 9.17) is 4.74 Å². The van der Waals surface area contributed by atoms with Gasteiger partial charge in [-0.05, 0) is 24.1 Å². The zero-order chi connectivity index (χ0) is 12.2. The summed E-state index contributed by atoms with van der Waals surface area (Å²) in [4.78, 5) is 0. The third-order valence-corrected chi connectivity index (χ3v) is 2.49. The summed E-state index contributed by atoms with van der Waals surface area (Å²) >= 11 is 0. The summed E-state index contributed by atoms with van der Waals surface area (Å²) in [5.74, 6) is -0.801.